The van der Waals surface area contributed by atoms with Crippen LogP contribution in [0.5, 0.6) is 0 Å². The summed E-state index contributed by atoms with van der Waals surface area (Å²) >= 11 is 0. The Morgan fingerprint density at radius 1 is 1.29 bits per heavy atom. The van der Waals surface area contributed by atoms with Crippen molar-refractivity contribution in [2.45, 2.75) is 13.0 Å². The molecule has 0 aliphatic rings. The molecular formula is C16H14FN3O. The van der Waals surface area contributed by atoms with Crippen molar-refractivity contribution in [1.82, 2.24) is 15.3 Å². The molecule has 0 bridgehead atoms. The summed E-state index contributed by atoms with van der Waals surface area (Å²) in [5, 5.41) is 3.88. The molecule has 4 nitrogen and oxygen atoms in total. The summed E-state index contributed by atoms with van der Waals surface area (Å²) in [6.07, 6.45) is 2.60. The number of hydrogen-bond donors (Lipinski definition) is 2. The van der Waals surface area contributed by atoms with Crippen LogP contribution < -0.4 is 5.32 Å². The topological polar surface area (TPSA) is 57.8 Å². The van der Waals surface area contributed by atoms with Crippen LogP contribution in [0.25, 0.3) is 10.9 Å². The average molecular weight is 283 g/mol. The highest BCUT2D eigenvalue weighted by Gasteiger charge is 2.08. The van der Waals surface area contributed by atoms with Crippen LogP contribution in [-0.2, 0) is 17.8 Å². The molecule has 0 saturated carbocycles. The molecule has 0 fully saturated rings. The fourth-order valence-electron chi connectivity index (χ4n) is 2.21. The molecule has 2 heterocycles. The molecule has 106 valence electrons. The van der Waals surface area contributed by atoms with E-state index in [9.17, 15) is 9.18 Å². The number of amides is 1. The molecule has 0 atom stereocenters. The van der Waals surface area contributed by atoms with E-state index < -0.39 is 5.82 Å². The number of nitrogens with zero attached hydrogens (tertiary/aromatic N) is 1. The molecule has 1 aromatic carbocycles. The third-order valence-corrected chi connectivity index (χ3v) is 3.27. The number of carbonyl (C=O) groups is 1. The molecule has 0 aliphatic carbocycles. The molecule has 21 heavy (non-hydrogen) atoms. The van der Waals surface area contributed by atoms with E-state index in [0.717, 1.165) is 22.8 Å². The van der Waals surface area contributed by atoms with Crippen molar-refractivity contribution in [3.63, 3.8) is 0 Å². The summed E-state index contributed by atoms with van der Waals surface area (Å²) < 4.78 is 13.4. The smallest absolute Gasteiger partial charge is 0.224 e. The lowest BCUT2D eigenvalue weighted by molar-refractivity contribution is -0.120. The summed E-state index contributed by atoms with van der Waals surface area (Å²) in [7, 11) is 0. The molecule has 0 aliphatic heterocycles. The summed E-state index contributed by atoms with van der Waals surface area (Å²) in [4.78, 5) is 18.7. The van der Waals surface area contributed by atoms with E-state index in [1.165, 1.54) is 12.3 Å². The first kappa shape index (κ1) is 13.3. The third-order valence-electron chi connectivity index (χ3n) is 3.27. The van der Waals surface area contributed by atoms with Gasteiger partial charge in [-0.05, 0) is 23.6 Å². The predicted octanol–water partition coefficient (Wildman–Crippen LogP) is 2.56. The first-order chi connectivity index (χ1) is 10.2. The molecule has 0 unspecified atom stereocenters. The highest BCUT2D eigenvalue weighted by Crippen LogP contribution is 2.14. The van der Waals surface area contributed by atoms with Crippen LogP contribution in [0.1, 0.15) is 11.3 Å². The Bertz CT molecular complexity index is 749. The lowest BCUT2D eigenvalue weighted by atomic mass is 10.2. The number of H-pyrrole nitrogens is 1. The zero-order chi connectivity index (χ0) is 14.7. The van der Waals surface area contributed by atoms with Crippen LogP contribution in [-0.4, -0.2) is 15.9 Å². The summed E-state index contributed by atoms with van der Waals surface area (Å²) in [5.74, 6) is -0.683. The quantitative estimate of drug-likeness (QED) is 0.773. The lowest BCUT2D eigenvalue weighted by Crippen LogP contribution is -2.25. The van der Waals surface area contributed by atoms with Gasteiger partial charge in [-0.3, -0.25) is 9.78 Å². The number of halogens is 1. The van der Waals surface area contributed by atoms with Gasteiger partial charge in [0.1, 0.15) is 5.82 Å². The Morgan fingerprint density at radius 3 is 2.95 bits per heavy atom. The zero-order valence-corrected chi connectivity index (χ0v) is 11.3. The van der Waals surface area contributed by atoms with Crippen LogP contribution in [0.2, 0.25) is 0 Å². The van der Waals surface area contributed by atoms with Gasteiger partial charge in [0.25, 0.3) is 0 Å². The van der Waals surface area contributed by atoms with E-state index in [1.807, 2.05) is 30.3 Å². The van der Waals surface area contributed by atoms with Crippen molar-refractivity contribution in [1.29, 1.82) is 0 Å². The Hall–Kier alpha value is -2.69. The van der Waals surface area contributed by atoms with E-state index in [-0.39, 0.29) is 12.3 Å². The maximum Gasteiger partial charge on any atom is 0.224 e. The lowest BCUT2D eigenvalue weighted by Gasteiger charge is -2.04. The zero-order valence-electron chi connectivity index (χ0n) is 11.3. The van der Waals surface area contributed by atoms with Gasteiger partial charge >= 0.3 is 0 Å². The van der Waals surface area contributed by atoms with Crippen molar-refractivity contribution in [2.24, 2.45) is 0 Å². The molecule has 0 spiro atoms. The van der Waals surface area contributed by atoms with E-state index in [2.05, 4.69) is 15.3 Å². The summed E-state index contributed by atoms with van der Waals surface area (Å²) in [5.41, 5.74) is 2.29. The van der Waals surface area contributed by atoms with Gasteiger partial charge in [0.05, 0.1) is 19.2 Å². The molecular weight excluding hydrogens is 269 g/mol. The number of pyridine rings is 1. The Kier molecular flexibility index (Phi) is 3.64. The monoisotopic (exact) mass is 283 g/mol. The molecule has 3 rings (SSSR count). The fourth-order valence-corrected chi connectivity index (χ4v) is 2.21. The number of benzene rings is 1. The highest BCUT2D eigenvalue weighted by molar-refractivity contribution is 5.81. The molecule has 0 saturated heterocycles. The van der Waals surface area contributed by atoms with E-state index >= 15 is 0 Å². The number of carbonyl (C=O) groups excluding carboxylic acids is 1. The van der Waals surface area contributed by atoms with E-state index in [0.29, 0.717) is 12.1 Å². The van der Waals surface area contributed by atoms with Gasteiger partial charge in [-0.25, -0.2) is 4.39 Å². The van der Waals surface area contributed by atoms with E-state index in [1.54, 1.807) is 0 Å². The van der Waals surface area contributed by atoms with Gasteiger partial charge in [-0.1, -0.05) is 18.2 Å². The van der Waals surface area contributed by atoms with Gasteiger partial charge in [-0.15, -0.1) is 0 Å². The maximum absolute atomic E-state index is 13.4. The second-order valence-corrected chi connectivity index (χ2v) is 4.80. The first-order valence-electron chi connectivity index (χ1n) is 6.64. The van der Waals surface area contributed by atoms with Crippen LogP contribution >= 0.6 is 0 Å². The van der Waals surface area contributed by atoms with Gasteiger partial charge in [-0.2, -0.15) is 0 Å². The normalized spacial score (nSPS) is 10.7. The maximum atomic E-state index is 13.4. The predicted molar refractivity (Wildman–Crippen MR) is 78.0 cm³/mol. The van der Waals surface area contributed by atoms with Crippen molar-refractivity contribution in [3.05, 3.63) is 65.9 Å². The molecule has 1 amide bonds. The first-order valence-corrected chi connectivity index (χ1v) is 6.64. The number of rotatable bonds is 4. The van der Waals surface area contributed by atoms with Crippen LogP contribution in [0.4, 0.5) is 4.39 Å². The molecule has 5 heteroatoms. The minimum absolute atomic E-state index is 0.00851. The standard InChI is InChI=1S/C16H14FN3O/c17-14-10-18-6-5-11(14)8-16(21)19-9-13-7-12-3-1-2-4-15(12)20-13/h1-7,10,20H,8-9H2,(H,19,21). The van der Waals surface area contributed by atoms with Crippen molar-refractivity contribution in [2.75, 3.05) is 0 Å². The van der Waals surface area contributed by atoms with Crippen molar-refractivity contribution >= 4 is 16.8 Å². The number of aromatic nitrogens is 2. The summed E-state index contributed by atoms with van der Waals surface area (Å²) in [6.45, 7) is 0.389. The fraction of sp³-hybridized carbons (Fsp3) is 0.125. The van der Waals surface area contributed by atoms with Crippen LogP contribution in [0.3, 0.4) is 0 Å². The van der Waals surface area contributed by atoms with Gasteiger partial charge in [0.15, 0.2) is 0 Å². The number of aromatic amines is 1. The Labute approximate surface area is 121 Å². The largest absolute Gasteiger partial charge is 0.357 e. The SMILES string of the molecule is O=C(Cc1ccncc1F)NCc1cc2ccccc2[nH]1. The second kappa shape index (κ2) is 5.75. The Morgan fingerprint density at radius 2 is 2.14 bits per heavy atom. The summed E-state index contributed by atoms with van der Waals surface area (Å²) in [6, 6.07) is 11.4. The number of hydrogen-bond acceptors (Lipinski definition) is 2. The van der Waals surface area contributed by atoms with Crippen molar-refractivity contribution < 1.29 is 9.18 Å². The third kappa shape index (κ3) is 3.08. The average Bonchev–Trinajstić information content (AvgIpc) is 2.90. The van der Waals surface area contributed by atoms with Gasteiger partial charge in [0.2, 0.25) is 5.91 Å². The molecule has 2 aromatic heterocycles. The van der Waals surface area contributed by atoms with Gasteiger partial charge < -0.3 is 10.3 Å². The molecule has 3 aromatic rings. The number of nitrogens with one attached hydrogen (secondary N) is 2. The van der Waals surface area contributed by atoms with Gasteiger partial charge in [0, 0.05) is 23.0 Å². The van der Waals surface area contributed by atoms with Crippen molar-refractivity contribution in [3.8, 4) is 0 Å². The van der Waals surface area contributed by atoms with Crippen LogP contribution in [0.15, 0.2) is 48.8 Å². The minimum Gasteiger partial charge on any atom is -0.357 e. The number of para-hydroxylation sites is 1. The highest BCUT2D eigenvalue weighted by atomic mass is 19.1. The minimum atomic E-state index is -0.460. The molecule has 0 radical (unpaired) electrons. The Balaban J connectivity index is 1.62. The second-order valence-electron chi connectivity index (χ2n) is 4.80. The molecule has 2 N–H and O–H groups in total. The number of fused-ring (bicyclic) bond motifs is 1. The van der Waals surface area contributed by atoms with Crippen LogP contribution in [0, 0.1) is 5.82 Å². The van der Waals surface area contributed by atoms with E-state index in [4.69, 9.17) is 0 Å².